The van der Waals surface area contributed by atoms with Crippen LogP contribution in [0.1, 0.15) is 76.7 Å². The van der Waals surface area contributed by atoms with E-state index in [1.165, 1.54) is 30.3 Å². The summed E-state index contributed by atoms with van der Waals surface area (Å²) >= 11 is 0. The lowest BCUT2D eigenvalue weighted by Gasteiger charge is -2.29. The van der Waals surface area contributed by atoms with Gasteiger partial charge in [-0.3, -0.25) is 0 Å². The Balaban J connectivity index is 1.34. The lowest BCUT2D eigenvalue weighted by atomic mass is 9.78. The average molecular weight is 595 g/mol. The van der Waals surface area contributed by atoms with Crippen molar-refractivity contribution < 1.29 is 40.6 Å². The van der Waals surface area contributed by atoms with Crippen LogP contribution in [0.15, 0.2) is 36.4 Å². The first-order valence-corrected chi connectivity index (χ1v) is 14.6. The van der Waals surface area contributed by atoms with Crippen LogP contribution in [0.25, 0.3) is 11.1 Å². The molecule has 0 atom stereocenters. The number of hydrogen-bond acceptors (Lipinski definition) is 3. The Kier molecular flexibility index (Phi) is 11.0. The maximum Gasteiger partial charge on any atom is 0.204 e. The summed E-state index contributed by atoms with van der Waals surface area (Å²) in [7, 11) is 0. The van der Waals surface area contributed by atoms with Crippen LogP contribution in [-0.2, 0) is 0 Å². The van der Waals surface area contributed by atoms with E-state index in [4.69, 9.17) is 14.2 Å². The minimum atomic E-state index is -1.31. The number of benzene rings is 3. The van der Waals surface area contributed by atoms with E-state index in [1.807, 2.05) is 0 Å². The monoisotopic (exact) mass is 594 g/mol. The Bertz CT molecular complexity index is 1350. The molecule has 3 aromatic rings. The second kappa shape index (κ2) is 14.7. The minimum absolute atomic E-state index is 0.0197. The van der Waals surface area contributed by atoms with E-state index in [9.17, 15) is 17.6 Å². The molecule has 1 fully saturated rings. The van der Waals surface area contributed by atoms with Crippen molar-refractivity contribution in [2.24, 2.45) is 5.92 Å². The number of unbranched alkanes of at least 4 members (excludes halogenated alkanes) is 3. The zero-order valence-electron chi connectivity index (χ0n) is 23.9. The van der Waals surface area contributed by atoms with Crippen molar-refractivity contribution in [1.29, 1.82) is 0 Å². The van der Waals surface area contributed by atoms with Gasteiger partial charge in [-0.25, -0.2) is 13.2 Å². The van der Waals surface area contributed by atoms with Crippen molar-refractivity contribution in [3.63, 3.8) is 0 Å². The molecule has 0 amide bonds. The molecular weight excluding hydrogens is 558 g/mol. The summed E-state index contributed by atoms with van der Waals surface area (Å²) in [4.78, 5) is 0. The van der Waals surface area contributed by atoms with E-state index >= 15 is 8.78 Å². The zero-order chi connectivity index (χ0) is 30.2. The van der Waals surface area contributed by atoms with Gasteiger partial charge in [-0.1, -0.05) is 38.3 Å². The number of rotatable bonds is 13. The van der Waals surface area contributed by atoms with E-state index in [0.29, 0.717) is 32.3 Å². The largest absolute Gasteiger partial charge is 0.491 e. The third-order valence-corrected chi connectivity index (χ3v) is 7.78. The normalized spacial score (nSPS) is 16.9. The van der Waals surface area contributed by atoms with Gasteiger partial charge in [0.05, 0.1) is 19.8 Å². The third-order valence-electron chi connectivity index (χ3n) is 7.78. The highest BCUT2D eigenvalue weighted by Crippen LogP contribution is 2.40. The molecule has 0 aromatic heterocycles. The van der Waals surface area contributed by atoms with E-state index in [0.717, 1.165) is 31.7 Å². The summed E-state index contributed by atoms with van der Waals surface area (Å²) in [5, 5.41) is 0. The molecule has 0 unspecified atom stereocenters. The van der Waals surface area contributed by atoms with Gasteiger partial charge >= 0.3 is 0 Å². The highest BCUT2D eigenvalue weighted by Gasteiger charge is 2.28. The van der Waals surface area contributed by atoms with Crippen LogP contribution < -0.4 is 14.2 Å². The Morgan fingerprint density at radius 1 is 0.571 bits per heavy atom. The van der Waals surface area contributed by atoms with Gasteiger partial charge in [-0.15, -0.1) is 0 Å². The smallest absolute Gasteiger partial charge is 0.204 e. The molecule has 0 spiro atoms. The van der Waals surface area contributed by atoms with Gasteiger partial charge in [-0.2, -0.15) is 13.2 Å². The number of ether oxygens (including phenoxy) is 3. The topological polar surface area (TPSA) is 27.7 Å². The maximum atomic E-state index is 15.2. The van der Waals surface area contributed by atoms with E-state index in [2.05, 4.69) is 6.92 Å². The maximum absolute atomic E-state index is 15.2. The molecule has 42 heavy (non-hydrogen) atoms. The van der Waals surface area contributed by atoms with Gasteiger partial charge < -0.3 is 14.2 Å². The molecule has 1 saturated carbocycles. The first-order valence-electron chi connectivity index (χ1n) is 14.6. The van der Waals surface area contributed by atoms with Gasteiger partial charge in [0.15, 0.2) is 34.7 Å². The van der Waals surface area contributed by atoms with Crippen LogP contribution in [0.5, 0.6) is 17.2 Å². The summed E-state index contributed by atoms with van der Waals surface area (Å²) in [5.41, 5.74) is -0.601. The number of hydrogen-bond donors (Lipinski definition) is 0. The predicted molar refractivity (Wildman–Crippen MR) is 149 cm³/mol. The Morgan fingerprint density at radius 2 is 1.12 bits per heavy atom. The summed E-state index contributed by atoms with van der Waals surface area (Å²) in [5.74, 6) is -8.00. The van der Waals surface area contributed by atoms with Crippen LogP contribution in [-0.4, -0.2) is 19.8 Å². The van der Waals surface area contributed by atoms with Crippen molar-refractivity contribution in [2.45, 2.75) is 71.1 Å². The predicted octanol–water partition coefficient (Wildman–Crippen LogP) is 9.90. The first kappa shape index (κ1) is 31.6. The molecule has 0 radical (unpaired) electrons. The highest BCUT2D eigenvalue weighted by molar-refractivity contribution is 5.66. The molecule has 0 bridgehead atoms. The lowest BCUT2D eigenvalue weighted by molar-refractivity contribution is 0.190. The third kappa shape index (κ3) is 7.16. The fraction of sp³-hybridized carbons (Fsp3) is 0.455. The van der Waals surface area contributed by atoms with Crippen molar-refractivity contribution in [2.75, 3.05) is 19.8 Å². The molecule has 1 aliphatic rings. The molecule has 0 aliphatic heterocycles. The van der Waals surface area contributed by atoms with E-state index in [-0.39, 0.29) is 53.4 Å². The standard InChI is InChI=1S/C33H36F6O3/c1-3-5-6-7-18-41-26-16-17-27(33(39)32(26)38)42-19-20-8-10-21(11-9-20)22-12-13-23(29(35)28(22)34)24-14-15-25(40-4-2)31(37)30(24)36/h12-17,20-21H,3-11,18-19H2,1-2H3. The summed E-state index contributed by atoms with van der Waals surface area (Å²) in [6.07, 6.45) is 6.11. The van der Waals surface area contributed by atoms with Crippen molar-refractivity contribution in [3.8, 4) is 28.4 Å². The van der Waals surface area contributed by atoms with Crippen molar-refractivity contribution in [3.05, 3.63) is 76.9 Å². The molecule has 3 aromatic carbocycles. The minimum Gasteiger partial charge on any atom is -0.491 e. The Morgan fingerprint density at radius 3 is 1.76 bits per heavy atom. The van der Waals surface area contributed by atoms with Gasteiger partial charge in [-0.05, 0) is 80.7 Å². The van der Waals surface area contributed by atoms with Gasteiger partial charge in [0.2, 0.25) is 17.5 Å². The van der Waals surface area contributed by atoms with Crippen LogP contribution in [0, 0.1) is 40.8 Å². The quantitative estimate of drug-likeness (QED) is 0.146. The van der Waals surface area contributed by atoms with Crippen molar-refractivity contribution >= 4 is 0 Å². The van der Waals surface area contributed by atoms with Crippen LogP contribution in [0.2, 0.25) is 0 Å². The summed E-state index contributed by atoms with van der Waals surface area (Å²) in [6, 6.07) is 7.73. The van der Waals surface area contributed by atoms with Gasteiger partial charge in [0.25, 0.3) is 0 Å². The van der Waals surface area contributed by atoms with E-state index in [1.54, 1.807) is 6.92 Å². The van der Waals surface area contributed by atoms with Crippen LogP contribution in [0.4, 0.5) is 26.3 Å². The molecule has 0 heterocycles. The molecular formula is C33H36F6O3. The zero-order valence-corrected chi connectivity index (χ0v) is 23.9. The molecule has 228 valence electrons. The lowest BCUT2D eigenvalue weighted by Crippen LogP contribution is -2.20. The van der Waals surface area contributed by atoms with Gasteiger partial charge in [0.1, 0.15) is 0 Å². The molecule has 4 rings (SSSR count). The fourth-order valence-corrected chi connectivity index (χ4v) is 5.39. The first-order chi connectivity index (χ1) is 20.3. The van der Waals surface area contributed by atoms with Gasteiger partial charge in [0, 0.05) is 11.1 Å². The van der Waals surface area contributed by atoms with E-state index < -0.39 is 40.5 Å². The molecule has 0 saturated heterocycles. The summed E-state index contributed by atoms with van der Waals surface area (Å²) in [6.45, 7) is 4.28. The highest BCUT2D eigenvalue weighted by atomic mass is 19.2. The Hall–Kier alpha value is -3.36. The van der Waals surface area contributed by atoms with Crippen LogP contribution in [0.3, 0.4) is 0 Å². The van der Waals surface area contributed by atoms with Crippen molar-refractivity contribution in [1.82, 2.24) is 0 Å². The molecule has 0 N–H and O–H groups in total. The number of halogens is 6. The fourth-order valence-electron chi connectivity index (χ4n) is 5.39. The SMILES string of the molecule is CCCCCCOc1ccc(OCC2CCC(c3ccc(-c4ccc(OCC)c(F)c4F)c(F)c3F)CC2)c(F)c1F. The Labute approximate surface area is 242 Å². The average Bonchev–Trinajstić information content (AvgIpc) is 2.99. The molecule has 3 nitrogen and oxygen atoms in total. The molecule has 1 aliphatic carbocycles. The second-order valence-electron chi connectivity index (χ2n) is 10.6. The molecule has 9 heteroatoms. The second-order valence-corrected chi connectivity index (χ2v) is 10.6. The van der Waals surface area contributed by atoms with Crippen LogP contribution >= 0.6 is 0 Å². The summed E-state index contributed by atoms with van der Waals surface area (Å²) < 4.78 is 104.